The van der Waals surface area contributed by atoms with Crippen LogP contribution in [0.2, 0.25) is 0 Å². The summed E-state index contributed by atoms with van der Waals surface area (Å²) in [4.78, 5) is 2.65. The molecule has 0 atom stereocenters. The zero-order valence-electron chi connectivity index (χ0n) is 36.5. The first-order chi connectivity index (χ1) is 31.6. The van der Waals surface area contributed by atoms with Crippen LogP contribution in [0.1, 0.15) is 9.75 Å². The monoisotopic (exact) mass is 1320 g/mol. The molecule has 6 aliphatic heterocycles. The van der Waals surface area contributed by atoms with Gasteiger partial charge in [-0.05, 0) is 99.4 Å². The molecule has 7 rings (SSSR count). The lowest BCUT2D eigenvalue weighted by Gasteiger charge is -2.16. The highest BCUT2D eigenvalue weighted by Gasteiger charge is 2.35. The second kappa shape index (κ2) is 28.4. The largest absolute Gasteiger partial charge is 0.135 e. The Balaban J connectivity index is 1.47. The first kappa shape index (κ1) is 57.7. The van der Waals surface area contributed by atoms with Crippen LogP contribution in [-0.2, 0) is 0 Å². The molecule has 0 saturated heterocycles. The highest BCUT2D eigenvalue weighted by molar-refractivity contribution is 8.44. The van der Waals surface area contributed by atoms with Crippen LogP contribution in [0.15, 0.2) is 112 Å². The predicted molar refractivity (Wildman–Crippen MR) is 364 cm³/mol. The van der Waals surface area contributed by atoms with Crippen LogP contribution >= 0.6 is 294 Å². The van der Waals surface area contributed by atoms with E-state index in [9.17, 15) is 0 Å². The summed E-state index contributed by atoms with van der Waals surface area (Å²) in [5, 5.41) is 0. The van der Waals surface area contributed by atoms with Crippen molar-refractivity contribution in [2.24, 2.45) is 0 Å². The SMILES string of the molecule is CSC1=C(SC)SC(=CC(=C2SC(SC)=C(SC)S2)C(=C2SC(SC)=C(SC)S2)c2ccc(C(=C3SC(SC)=C(SC)S3)C(C=C3SC(SC)=C(SC)S3)=C3SC(SC)=C(SC)S3)s2)S1. The molecule has 0 N–H and O–H groups in total. The third-order valence-corrected chi connectivity index (χ3v) is 40.7. The van der Waals surface area contributed by atoms with Crippen molar-refractivity contribution in [3.05, 3.63) is 121 Å². The number of thioether (sulfide) groups is 24. The fraction of sp³-hybridized carbons (Fsp3) is 0.300. The van der Waals surface area contributed by atoms with Gasteiger partial charge < -0.3 is 0 Å². The molecule has 0 fully saturated rings. The van der Waals surface area contributed by atoms with Crippen LogP contribution in [-0.4, -0.2) is 75.1 Å². The van der Waals surface area contributed by atoms with Crippen molar-refractivity contribution in [2.75, 3.05) is 75.1 Å². The smallest absolute Gasteiger partial charge is 0.0657 e. The van der Waals surface area contributed by atoms with Crippen molar-refractivity contribution in [2.45, 2.75) is 0 Å². The third-order valence-electron chi connectivity index (χ3n) is 8.49. The number of hydrogen-bond acceptors (Lipinski definition) is 25. The molecule has 1 aromatic rings. The normalized spacial score (nSPS) is 19.4. The molecule has 6 aliphatic rings. The lowest BCUT2D eigenvalue weighted by molar-refractivity contribution is 1.70. The van der Waals surface area contributed by atoms with Crippen molar-refractivity contribution in [3.8, 4) is 0 Å². The van der Waals surface area contributed by atoms with Crippen molar-refractivity contribution in [1.82, 2.24) is 0 Å². The zero-order chi connectivity index (χ0) is 46.4. The van der Waals surface area contributed by atoms with Gasteiger partial charge in [-0.15, -0.1) is 152 Å². The molecule has 350 valence electrons. The second-order valence-corrected chi connectivity index (χ2v) is 39.8. The summed E-state index contributed by atoms with van der Waals surface area (Å²) in [6.45, 7) is 0. The summed E-state index contributed by atoms with van der Waals surface area (Å²) >= 11 is 48.0. The summed E-state index contributed by atoms with van der Waals surface area (Å²) in [5.41, 5.74) is 5.40. The summed E-state index contributed by atoms with van der Waals surface area (Å²) in [5.74, 6) is 0. The van der Waals surface area contributed by atoms with Crippen LogP contribution < -0.4 is 0 Å². The van der Waals surface area contributed by atoms with Gasteiger partial charge in [0.05, 0.1) is 76.3 Å². The molecule has 0 nitrogen and oxygen atoms in total. The summed E-state index contributed by atoms with van der Waals surface area (Å²) in [6.07, 6.45) is 31.8. The van der Waals surface area contributed by atoms with Crippen LogP contribution in [0.4, 0.5) is 0 Å². The Bertz CT molecular complexity index is 2190. The lowest BCUT2D eigenvalue weighted by atomic mass is 10.1. The minimum Gasteiger partial charge on any atom is -0.135 e. The van der Waals surface area contributed by atoms with Gasteiger partial charge in [0.25, 0.3) is 0 Å². The van der Waals surface area contributed by atoms with Gasteiger partial charge in [-0.2, -0.15) is 0 Å². The van der Waals surface area contributed by atoms with Crippen molar-refractivity contribution < 1.29 is 0 Å². The Labute approximate surface area is 493 Å². The maximum atomic E-state index is 2.54. The molecule has 0 unspecified atom stereocenters. The van der Waals surface area contributed by atoms with E-state index in [1.54, 1.807) is 0 Å². The van der Waals surface area contributed by atoms with Gasteiger partial charge in [0, 0.05) is 32.0 Å². The summed E-state index contributed by atoms with van der Waals surface area (Å²) in [6, 6.07) is 4.92. The fourth-order valence-corrected chi connectivity index (χ4v) is 37.2. The highest BCUT2D eigenvalue weighted by Crippen LogP contribution is 2.67. The van der Waals surface area contributed by atoms with E-state index in [1.165, 1.54) is 108 Å². The van der Waals surface area contributed by atoms with Crippen LogP contribution in [0.3, 0.4) is 0 Å². The number of allylic oxidation sites excluding steroid dienone is 6. The molecule has 0 bridgehead atoms. The topological polar surface area (TPSA) is 0 Å². The number of hydrogen-bond donors (Lipinski definition) is 0. The number of rotatable bonds is 18. The molecule has 25 heteroatoms. The summed E-state index contributed by atoms with van der Waals surface area (Å²) in [7, 11) is 0. The van der Waals surface area contributed by atoms with E-state index in [1.807, 2.05) is 294 Å². The fourth-order valence-electron chi connectivity index (χ4n) is 5.70. The molecule has 1 aromatic heterocycles. The van der Waals surface area contributed by atoms with E-state index in [4.69, 9.17) is 0 Å². The van der Waals surface area contributed by atoms with E-state index >= 15 is 0 Å². The molecule has 0 radical (unpaired) electrons. The second-order valence-electron chi connectivity index (χ2n) is 11.9. The van der Waals surface area contributed by atoms with Crippen LogP contribution in [0.5, 0.6) is 0 Å². The highest BCUT2D eigenvalue weighted by atomic mass is 32.3. The van der Waals surface area contributed by atoms with E-state index in [-0.39, 0.29) is 0 Å². The molecule has 0 saturated carbocycles. The van der Waals surface area contributed by atoms with Gasteiger partial charge in [0.2, 0.25) is 0 Å². The van der Waals surface area contributed by atoms with Crippen LogP contribution in [0.25, 0.3) is 11.1 Å². The van der Waals surface area contributed by atoms with Gasteiger partial charge in [-0.1, -0.05) is 141 Å². The summed E-state index contributed by atoms with van der Waals surface area (Å²) < 4.78 is 25.0. The molecule has 0 amide bonds. The molecule has 0 spiro atoms. The van der Waals surface area contributed by atoms with E-state index in [2.05, 4.69) is 99.4 Å². The minimum atomic E-state index is 1.32. The van der Waals surface area contributed by atoms with Crippen molar-refractivity contribution >= 4 is 305 Å². The molecule has 0 aliphatic carbocycles. The quantitative estimate of drug-likeness (QED) is 0.137. The van der Waals surface area contributed by atoms with E-state index in [0.717, 1.165) is 0 Å². The maximum absolute atomic E-state index is 2.54. The average molecular weight is 1320 g/mol. The van der Waals surface area contributed by atoms with Gasteiger partial charge >= 0.3 is 0 Å². The van der Waals surface area contributed by atoms with Crippen molar-refractivity contribution in [3.63, 3.8) is 0 Å². The van der Waals surface area contributed by atoms with E-state index in [0.29, 0.717) is 0 Å². The lowest BCUT2D eigenvalue weighted by Crippen LogP contribution is -1.92. The van der Waals surface area contributed by atoms with Crippen molar-refractivity contribution in [1.29, 1.82) is 0 Å². The first-order valence-electron chi connectivity index (χ1n) is 18.2. The van der Waals surface area contributed by atoms with Gasteiger partial charge in [0.15, 0.2) is 0 Å². The average Bonchev–Trinajstić information content (AvgIpc) is 4.20. The van der Waals surface area contributed by atoms with Crippen LogP contribution in [0, 0.1) is 0 Å². The Morgan fingerprint density at radius 3 is 0.708 bits per heavy atom. The Hall–Kier alpha value is 4.98. The predicted octanol–water partition coefficient (Wildman–Crippen LogP) is 23.2. The Kier molecular flexibility index (Phi) is 25.2. The standard InChI is InChI=1S/C40H40S25/c1-41-29-30(42-2)55-21(54-29)15-17(25-58-33(45-5)34(46-6)59-25)23(27-62-37(49-9)38(50-10)63-27)19-13-14-20(53-19)24(28-64-39(51-11)40(52-12)65-28)18(26-60-35(47-7)36(48-8)61-26)16-22-56-31(43-3)32(44-4)57-22/h13-16H,1-12H3. The minimum absolute atomic E-state index is 1.32. The number of thiophene rings is 1. The Morgan fingerprint density at radius 2 is 0.492 bits per heavy atom. The molecule has 7 heterocycles. The van der Waals surface area contributed by atoms with E-state index < -0.39 is 0 Å². The van der Waals surface area contributed by atoms with Gasteiger partial charge in [0.1, 0.15) is 0 Å². The van der Waals surface area contributed by atoms with Gasteiger partial charge in [-0.25, -0.2) is 0 Å². The zero-order valence-corrected chi connectivity index (χ0v) is 56.9. The molecular formula is C40H40S25. The third kappa shape index (κ3) is 13.8. The first-order valence-corrected chi connectivity index (χ1v) is 43.5. The Morgan fingerprint density at radius 1 is 0.292 bits per heavy atom. The van der Waals surface area contributed by atoms with Gasteiger partial charge in [-0.3, -0.25) is 0 Å². The molecule has 0 aromatic carbocycles. The maximum Gasteiger partial charge on any atom is 0.0657 e. The molecule has 65 heavy (non-hydrogen) atoms. The molecular weight excluding hydrogens is 1280 g/mol.